The molecule has 1 heterocycles. The molecule has 1 fully saturated rings. The third-order valence-electron chi connectivity index (χ3n) is 4.62. The van der Waals surface area contributed by atoms with Crippen LogP contribution < -0.4 is 16.8 Å². The maximum Gasteiger partial charge on any atom is 0.269 e. The number of hydrogen-bond donors (Lipinski definition) is 3. The van der Waals surface area contributed by atoms with Crippen molar-refractivity contribution in [2.24, 2.45) is 11.5 Å². The van der Waals surface area contributed by atoms with E-state index in [4.69, 9.17) is 11.5 Å². The summed E-state index contributed by atoms with van der Waals surface area (Å²) in [5.41, 5.74) is 13.1. The molecule has 146 valence electrons. The Labute approximate surface area is 158 Å². The Morgan fingerprint density at radius 2 is 1.78 bits per heavy atom. The minimum atomic E-state index is -0.534. The molecule has 7 nitrogen and oxygen atoms in total. The molecule has 27 heavy (non-hydrogen) atoms. The summed E-state index contributed by atoms with van der Waals surface area (Å²) in [6.45, 7) is 4.38. The third-order valence-corrected chi connectivity index (χ3v) is 4.62. The second kappa shape index (κ2) is 8.68. The minimum absolute atomic E-state index is 0.0584. The Balaban J connectivity index is 2.23. The van der Waals surface area contributed by atoms with E-state index in [0.717, 1.165) is 19.2 Å². The fraction of sp³-hybridized carbons (Fsp3) is 0.368. The van der Waals surface area contributed by atoms with Crippen molar-refractivity contribution >= 4 is 17.5 Å². The Morgan fingerprint density at radius 1 is 1.15 bits per heavy atom. The Hall–Kier alpha value is -2.87. The molecule has 0 unspecified atom stereocenters. The molecule has 2 amide bonds. The molecule has 1 saturated heterocycles. The molecule has 0 spiro atoms. The smallest absolute Gasteiger partial charge is 0.269 e. The van der Waals surface area contributed by atoms with Crippen LogP contribution in [0.3, 0.4) is 0 Å². The van der Waals surface area contributed by atoms with Gasteiger partial charge in [0.15, 0.2) is 0 Å². The first-order valence-electron chi connectivity index (χ1n) is 8.68. The van der Waals surface area contributed by atoms with Gasteiger partial charge < -0.3 is 26.6 Å². The van der Waals surface area contributed by atoms with E-state index in [1.54, 1.807) is 11.8 Å². The van der Waals surface area contributed by atoms with E-state index < -0.39 is 11.7 Å². The van der Waals surface area contributed by atoms with E-state index in [2.05, 4.69) is 10.2 Å². The van der Waals surface area contributed by atoms with Gasteiger partial charge in [0, 0.05) is 50.1 Å². The number of carbonyl (C=O) groups excluding carboxylic acids is 2. The highest BCUT2D eigenvalue weighted by molar-refractivity contribution is 5.95. The Kier molecular flexibility index (Phi) is 6.57. The normalized spacial score (nSPS) is 16.4. The van der Waals surface area contributed by atoms with Crippen LogP contribution in [0.1, 0.15) is 21.5 Å². The summed E-state index contributed by atoms with van der Waals surface area (Å²) in [5, 5.41) is 2.45. The van der Waals surface area contributed by atoms with Gasteiger partial charge in [-0.05, 0) is 43.8 Å². The zero-order valence-electron chi connectivity index (χ0n) is 15.9. The lowest BCUT2D eigenvalue weighted by Crippen LogP contribution is -2.48. The summed E-state index contributed by atoms with van der Waals surface area (Å²) < 4.78 is 14.1. The van der Waals surface area contributed by atoms with Gasteiger partial charge in [0.2, 0.25) is 0 Å². The van der Waals surface area contributed by atoms with Gasteiger partial charge in [0.25, 0.3) is 11.8 Å². The minimum Gasteiger partial charge on any atom is -0.398 e. The lowest BCUT2D eigenvalue weighted by atomic mass is 10.0. The zero-order chi connectivity index (χ0) is 20.1. The van der Waals surface area contributed by atoms with Crippen molar-refractivity contribution in [1.82, 2.24) is 15.1 Å². The van der Waals surface area contributed by atoms with E-state index in [1.807, 2.05) is 7.05 Å². The number of piperazine rings is 1. The van der Waals surface area contributed by atoms with Crippen molar-refractivity contribution in [1.29, 1.82) is 0 Å². The van der Waals surface area contributed by atoms with Crippen molar-refractivity contribution in [3.05, 3.63) is 52.5 Å². The molecule has 0 saturated carbocycles. The number of amides is 2. The van der Waals surface area contributed by atoms with Crippen LogP contribution in [0.2, 0.25) is 0 Å². The van der Waals surface area contributed by atoms with Crippen molar-refractivity contribution < 1.29 is 14.0 Å². The monoisotopic (exact) mass is 375 g/mol. The number of nitrogens with zero attached hydrogens (tertiary/aromatic N) is 2. The summed E-state index contributed by atoms with van der Waals surface area (Å²) in [4.78, 5) is 28.0. The van der Waals surface area contributed by atoms with Gasteiger partial charge in [0.1, 0.15) is 5.82 Å². The van der Waals surface area contributed by atoms with Crippen molar-refractivity contribution in [3.63, 3.8) is 0 Å². The van der Waals surface area contributed by atoms with Crippen LogP contribution in [-0.4, -0.2) is 61.9 Å². The lowest BCUT2D eigenvalue weighted by Gasteiger charge is -2.32. The molecule has 8 heteroatoms. The van der Waals surface area contributed by atoms with Crippen LogP contribution >= 0.6 is 0 Å². The van der Waals surface area contributed by atoms with Crippen LogP contribution in [0, 0.1) is 12.7 Å². The molecule has 2 rings (SSSR count). The van der Waals surface area contributed by atoms with Crippen molar-refractivity contribution in [2.45, 2.75) is 6.92 Å². The molecule has 1 aliphatic rings. The third kappa shape index (κ3) is 4.85. The molecule has 1 aromatic carbocycles. The molecular formula is C19H26FN5O2. The molecule has 0 atom stereocenters. The van der Waals surface area contributed by atoms with Crippen molar-refractivity contribution in [3.8, 4) is 0 Å². The second-order valence-electron chi connectivity index (χ2n) is 6.55. The van der Waals surface area contributed by atoms with E-state index in [1.165, 1.54) is 25.3 Å². The SMILES string of the molecule is CNC(=O)c1cc(F)c(C)c(/C(N)=C/C=C(\N)C(=O)N2CCN(C)CC2)c1. The van der Waals surface area contributed by atoms with E-state index in [9.17, 15) is 14.0 Å². The highest BCUT2D eigenvalue weighted by Crippen LogP contribution is 2.21. The predicted molar refractivity (Wildman–Crippen MR) is 103 cm³/mol. The molecule has 0 bridgehead atoms. The fourth-order valence-corrected chi connectivity index (χ4v) is 2.79. The topological polar surface area (TPSA) is 105 Å². The van der Waals surface area contributed by atoms with Gasteiger partial charge in [0.05, 0.1) is 5.70 Å². The van der Waals surface area contributed by atoms with E-state index >= 15 is 0 Å². The molecule has 1 aliphatic heterocycles. The number of likely N-dealkylation sites (N-methyl/N-ethyl adjacent to an activating group) is 1. The summed E-state index contributed by atoms with van der Waals surface area (Å²) in [5.74, 6) is -1.20. The van der Waals surface area contributed by atoms with E-state index in [0.29, 0.717) is 24.2 Å². The van der Waals surface area contributed by atoms with Gasteiger partial charge in [-0.1, -0.05) is 0 Å². The van der Waals surface area contributed by atoms with Gasteiger partial charge in [-0.3, -0.25) is 9.59 Å². The number of hydrogen-bond acceptors (Lipinski definition) is 5. The first-order chi connectivity index (χ1) is 12.7. The van der Waals surface area contributed by atoms with Gasteiger partial charge >= 0.3 is 0 Å². The van der Waals surface area contributed by atoms with Crippen molar-refractivity contribution in [2.75, 3.05) is 40.3 Å². The number of rotatable bonds is 4. The quantitative estimate of drug-likeness (QED) is 0.522. The van der Waals surface area contributed by atoms with Crippen LogP contribution in [0.4, 0.5) is 4.39 Å². The maximum absolute atomic E-state index is 14.1. The van der Waals surface area contributed by atoms with Crippen LogP contribution in [0.25, 0.3) is 5.70 Å². The Bertz CT molecular complexity index is 796. The van der Waals surface area contributed by atoms with Gasteiger partial charge in [-0.2, -0.15) is 0 Å². The highest BCUT2D eigenvalue weighted by atomic mass is 19.1. The molecule has 5 N–H and O–H groups in total. The number of carbonyl (C=O) groups is 2. The first-order valence-corrected chi connectivity index (χ1v) is 8.68. The molecule has 1 aromatic rings. The van der Waals surface area contributed by atoms with Crippen LogP contribution in [-0.2, 0) is 4.79 Å². The predicted octanol–water partition coefficient (Wildman–Crippen LogP) is 0.410. The number of halogens is 1. The average Bonchev–Trinajstić information content (AvgIpc) is 2.67. The second-order valence-corrected chi connectivity index (χ2v) is 6.55. The summed E-state index contributed by atoms with van der Waals surface area (Å²) in [7, 11) is 3.46. The Morgan fingerprint density at radius 3 is 2.37 bits per heavy atom. The average molecular weight is 375 g/mol. The lowest BCUT2D eigenvalue weighted by molar-refractivity contribution is -0.128. The summed E-state index contributed by atoms with van der Waals surface area (Å²) >= 11 is 0. The number of nitrogens with two attached hydrogens (primary N) is 2. The van der Waals surface area contributed by atoms with Crippen LogP contribution in [0.15, 0.2) is 30.0 Å². The molecule has 0 aliphatic carbocycles. The molecule has 0 radical (unpaired) electrons. The zero-order valence-corrected chi connectivity index (χ0v) is 15.9. The van der Waals surface area contributed by atoms with E-state index in [-0.39, 0.29) is 22.9 Å². The van der Waals surface area contributed by atoms with Gasteiger partial charge in [-0.15, -0.1) is 0 Å². The summed E-state index contributed by atoms with van der Waals surface area (Å²) in [6, 6.07) is 2.67. The standard InChI is InChI=1S/C19H26FN5O2/c1-12-14(10-13(11-15(12)20)18(26)23-2)16(21)4-5-17(22)19(27)25-8-6-24(3)7-9-25/h4-5,10-11H,6-9,21-22H2,1-3H3,(H,23,26)/b16-4-,17-5-. The molecular weight excluding hydrogens is 349 g/mol. The maximum atomic E-state index is 14.1. The summed E-state index contributed by atoms with van der Waals surface area (Å²) in [6.07, 6.45) is 2.87. The highest BCUT2D eigenvalue weighted by Gasteiger charge is 2.20. The number of benzene rings is 1. The first kappa shape index (κ1) is 20.4. The largest absolute Gasteiger partial charge is 0.398 e. The number of allylic oxidation sites excluding steroid dienone is 2. The number of nitrogens with one attached hydrogen (secondary N) is 1. The van der Waals surface area contributed by atoms with Gasteiger partial charge in [-0.25, -0.2) is 4.39 Å². The molecule has 0 aromatic heterocycles. The fourth-order valence-electron chi connectivity index (χ4n) is 2.79. The van der Waals surface area contributed by atoms with Crippen LogP contribution in [0.5, 0.6) is 0 Å².